The number of methoxy groups -OCH3 is 2. The molecule has 158 valence electrons. The molecule has 30 heavy (non-hydrogen) atoms. The van der Waals surface area contributed by atoms with Crippen molar-refractivity contribution in [2.45, 2.75) is 33.1 Å². The van der Waals surface area contributed by atoms with Gasteiger partial charge in [-0.15, -0.1) is 0 Å². The molecule has 0 aliphatic heterocycles. The Balaban J connectivity index is 1.88. The smallest absolute Gasteiger partial charge is 0.168 e. The molecule has 0 atom stereocenters. The molecule has 5 heteroatoms. The molecule has 0 aromatic heterocycles. The fourth-order valence-corrected chi connectivity index (χ4v) is 3.79. The first-order chi connectivity index (χ1) is 14.3. The summed E-state index contributed by atoms with van der Waals surface area (Å²) in [6.07, 6.45) is 1.74. The van der Waals surface area contributed by atoms with Gasteiger partial charge in [0.25, 0.3) is 0 Å². The average molecular weight is 408 g/mol. The highest BCUT2D eigenvalue weighted by Crippen LogP contribution is 2.37. The predicted octanol–water partition coefficient (Wildman–Crippen LogP) is 5.05. The SMILES string of the molecule is COc1ccc(CCN=C2CC(C)(C)CC(=O)/C2=C(/O)c2ccccc2)cc1OC. The summed E-state index contributed by atoms with van der Waals surface area (Å²) in [4.78, 5) is 17.6. The van der Waals surface area contributed by atoms with Crippen LogP contribution in [0.4, 0.5) is 0 Å². The molecule has 3 rings (SSSR count). The van der Waals surface area contributed by atoms with Gasteiger partial charge in [-0.3, -0.25) is 9.79 Å². The van der Waals surface area contributed by atoms with E-state index in [1.807, 2.05) is 36.4 Å². The molecule has 1 aliphatic carbocycles. The fourth-order valence-electron chi connectivity index (χ4n) is 3.79. The Bertz CT molecular complexity index is 974. The zero-order valence-corrected chi connectivity index (χ0v) is 18.1. The zero-order chi connectivity index (χ0) is 21.7. The third-order valence-electron chi connectivity index (χ3n) is 5.29. The lowest BCUT2D eigenvalue weighted by Crippen LogP contribution is -2.32. The standard InChI is InChI=1S/C25H29NO4/c1-25(2)15-19(23(20(27)16-25)24(28)18-8-6-5-7-9-18)26-13-12-17-10-11-21(29-3)22(14-17)30-4/h5-11,14,28H,12-13,15-16H2,1-4H3/b24-23+,26-19?. The molecule has 2 aromatic carbocycles. The number of aliphatic hydroxyl groups is 1. The van der Waals surface area contributed by atoms with Crippen LogP contribution >= 0.6 is 0 Å². The predicted molar refractivity (Wildman–Crippen MR) is 120 cm³/mol. The highest BCUT2D eigenvalue weighted by molar-refractivity contribution is 6.28. The second-order valence-electron chi connectivity index (χ2n) is 8.30. The van der Waals surface area contributed by atoms with E-state index in [2.05, 4.69) is 13.8 Å². The number of aliphatic hydroxyl groups excluding tert-OH is 1. The highest BCUT2D eigenvalue weighted by Gasteiger charge is 2.36. The Morgan fingerprint density at radius 1 is 1.03 bits per heavy atom. The summed E-state index contributed by atoms with van der Waals surface area (Å²) < 4.78 is 10.7. The first-order valence-electron chi connectivity index (χ1n) is 10.1. The molecule has 2 aromatic rings. The van der Waals surface area contributed by atoms with Gasteiger partial charge in [0.2, 0.25) is 0 Å². The Morgan fingerprint density at radius 3 is 2.40 bits per heavy atom. The van der Waals surface area contributed by atoms with E-state index in [1.165, 1.54) is 0 Å². The molecular weight excluding hydrogens is 378 g/mol. The number of nitrogens with zero attached hydrogens (tertiary/aromatic N) is 1. The summed E-state index contributed by atoms with van der Waals surface area (Å²) in [7, 11) is 3.22. The van der Waals surface area contributed by atoms with Crippen LogP contribution in [0, 0.1) is 5.41 Å². The van der Waals surface area contributed by atoms with E-state index in [0.29, 0.717) is 54.2 Å². The first-order valence-corrected chi connectivity index (χ1v) is 10.1. The maximum absolute atomic E-state index is 12.9. The number of aliphatic imine (C=N–C) groups is 1. The van der Waals surface area contributed by atoms with Crippen molar-refractivity contribution in [3.63, 3.8) is 0 Å². The van der Waals surface area contributed by atoms with Crippen LogP contribution in [0.3, 0.4) is 0 Å². The lowest BCUT2D eigenvalue weighted by Gasteiger charge is -2.31. The fraction of sp³-hybridized carbons (Fsp3) is 0.360. The van der Waals surface area contributed by atoms with Crippen LogP contribution in [0.25, 0.3) is 5.76 Å². The minimum atomic E-state index is -0.181. The molecule has 0 unspecified atom stereocenters. The van der Waals surface area contributed by atoms with Gasteiger partial charge in [0.1, 0.15) is 5.76 Å². The molecule has 1 aliphatic rings. The van der Waals surface area contributed by atoms with Crippen LogP contribution in [0.2, 0.25) is 0 Å². The molecule has 0 spiro atoms. The van der Waals surface area contributed by atoms with Gasteiger partial charge in [-0.1, -0.05) is 50.2 Å². The molecule has 0 radical (unpaired) electrons. The number of hydrogen-bond acceptors (Lipinski definition) is 5. The monoisotopic (exact) mass is 407 g/mol. The summed E-state index contributed by atoms with van der Waals surface area (Å²) in [6, 6.07) is 15.0. The summed E-state index contributed by atoms with van der Waals surface area (Å²) in [5, 5.41) is 10.8. The summed E-state index contributed by atoms with van der Waals surface area (Å²) >= 11 is 0. The number of carbonyl (C=O) groups excluding carboxylic acids is 1. The minimum absolute atomic E-state index is 0.0148. The van der Waals surface area contributed by atoms with E-state index in [0.717, 1.165) is 5.56 Å². The van der Waals surface area contributed by atoms with Gasteiger partial charge in [-0.05, 0) is 36.0 Å². The Kier molecular flexibility index (Phi) is 6.60. The van der Waals surface area contributed by atoms with Gasteiger partial charge in [0.15, 0.2) is 17.3 Å². The molecule has 0 bridgehead atoms. The first kappa shape index (κ1) is 21.6. The number of carbonyl (C=O) groups is 1. The van der Waals surface area contributed by atoms with E-state index in [4.69, 9.17) is 14.5 Å². The van der Waals surface area contributed by atoms with Gasteiger partial charge in [-0.2, -0.15) is 0 Å². The van der Waals surface area contributed by atoms with Crippen molar-refractivity contribution in [2.24, 2.45) is 10.4 Å². The van der Waals surface area contributed by atoms with E-state index in [1.54, 1.807) is 26.4 Å². The van der Waals surface area contributed by atoms with Gasteiger partial charge < -0.3 is 14.6 Å². The van der Waals surface area contributed by atoms with Gasteiger partial charge in [0, 0.05) is 24.2 Å². The minimum Gasteiger partial charge on any atom is -0.506 e. The molecule has 1 saturated carbocycles. The number of rotatable bonds is 6. The van der Waals surface area contributed by atoms with Crippen molar-refractivity contribution in [2.75, 3.05) is 20.8 Å². The molecule has 0 heterocycles. The Hall–Kier alpha value is -3.08. The molecule has 1 N–H and O–H groups in total. The normalized spacial score (nSPS) is 18.9. The van der Waals surface area contributed by atoms with Gasteiger partial charge in [0.05, 0.1) is 19.8 Å². The van der Waals surface area contributed by atoms with Crippen molar-refractivity contribution in [3.05, 3.63) is 65.2 Å². The van der Waals surface area contributed by atoms with Crippen molar-refractivity contribution in [1.82, 2.24) is 0 Å². The van der Waals surface area contributed by atoms with E-state index in [9.17, 15) is 9.90 Å². The van der Waals surface area contributed by atoms with Crippen molar-refractivity contribution >= 4 is 17.3 Å². The topological polar surface area (TPSA) is 68.1 Å². The third kappa shape index (κ3) is 4.90. The van der Waals surface area contributed by atoms with Gasteiger partial charge >= 0.3 is 0 Å². The maximum atomic E-state index is 12.9. The number of allylic oxidation sites excluding steroid dienone is 1. The lowest BCUT2D eigenvalue weighted by molar-refractivity contribution is -0.117. The molecule has 5 nitrogen and oxygen atoms in total. The lowest BCUT2D eigenvalue weighted by atomic mass is 9.73. The number of benzene rings is 2. The van der Waals surface area contributed by atoms with E-state index >= 15 is 0 Å². The highest BCUT2D eigenvalue weighted by atomic mass is 16.5. The van der Waals surface area contributed by atoms with Crippen LogP contribution < -0.4 is 9.47 Å². The number of hydrogen-bond donors (Lipinski definition) is 1. The average Bonchev–Trinajstić information content (AvgIpc) is 2.73. The number of Topliss-reactive ketones (excluding diaryl/α,β-unsaturated/α-hetero) is 1. The maximum Gasteiger partial charge on any atom is 0.168 e. The largest absolute Gasteiger partial charge is 0.506 e. The van der Waals surface area contributed by atoms with Crippen molar-refractivity contribution < 1.29 is 19.4 Å². The summed E-state index contributed by atoms with van der Waals surface area (Å²) in [6.45, 7) is 4.63. The van der Waals surface area contributed by atoms with E-state index < -0.39 is 0 Å². The zero-order valence-electron chi connectivity index (χ0n) is 18.1. The Labute approximate surface area is 178 Å². The Morgan fingerprint density at radius 2 is 1.73 bits per heavy atom. The number of ether oxygens (including phenoxy) is 2. The number of ketones is 1. The van der Waals surface area contributed by atoms with Crippen LogP contribution in [0.1, 0.15) is 37.8 Å². The van der Waals surface area contributed by atoms with Crippen LogP contribution in [0.5, 0.6) is 11.5 Å². The van der Waals surface area contributed by atoms with Gasteiger partial charge in [-0.25, -0.2) is 0 Å². The summed E-state index contributed by atoms with van der Waals surface area (Å²) in [5.41, 5.74) is 2.55. The second kappa shape index (κ2) is 9.16. The van der Waals surface area contributed by atoms with Crippen LogP contribution in [0.15, 0.2) is 59.1 Å². The summed E-state index contributed by atoms with van der Waals surface area (Å²) in [5.74, 6) is 1.32. The quantitative estimate of drug-likeness (QED) is 0.538. The van der Waals surface area contributed by atoms with Crippen molar-refractivity contribution in [1.29, 1.82) is 0 Å². The van der Waals surface area contributed by atoms with Crippen LogP contribution in [-0.4, -0.2) is 37.4 Å². The second-order valence-corrected chi connectivity index (χ2v) is 8.30. The molecular formula is C25H29NO4. The molecule has 0 amide bonds. The van der Waals surface area contributed by atoms with Crippen LogP contribution in [-0.2, 0) is 11.2 Å². The molecule has 1 fully saturated rings. The molecule has 0 saturated heterocycles. The third-order valence-corrected chi connectivity index (χ3v) is 5.29. The van der Waals surface area contributed by atoms with Crippen molar-refractivity contribution in [3.8, 4) is 11.5 Å². The van der Waals surface area contributed by atoms with E-state index in [-0.39, 0.29) is 17.0 Å².